The van der Waals surface area contributed by atoms with Crippen molar-refractivity contribution >= 4 is 15.9 Å². The van der Waals surface area contributed by atoms with Gasteiger partial charge < -0.3 is 14.6 Å². The van der Waals surface area contributed by atoms with Crippen LogP contribution in [0.1, 0.15) is 25.5 Å². The molecule has 1 aromatic rings. The standard InChI is InChI=1S/C13H16BrNO3/c1-8(16)9(2)18-13(7-15)11-6-10(17-3)4-5-12(11)14/h4-6,8-9,13,16H,1-3H3. The lowest BCUT2D eigenvalue weighted by Crippen LogP contribution is -2.24. The fraction of sp³-hybridized carbons (Fsp3) is 0.462. The Labute approximate surface area is 115 Å². The van der Waals surface area contributed by atoms with Crippen molar-refractivity contribution in [1.82, 2.24) is 0 Å². The summed E-state index contributed by atoms with van der Waals surface area (Å²) in [6.45, 7) is 3.35. The van der Waals surface area contributed by atoms with Crippen LogP contribution in [0.15, 0.2) is 22.7 Å². The first kappa shape index (κ1) is 15.0. The molecule has 1 N–H and O–H groups in total. The molecule has 98 valence electrons. The summed E-state index contributed by atoms with van der Waals surface area (Å²) >= 11 is 3.38. The van der Waals surface area contributed by atoms with Gasteiger partial charge in [0.25, 0.3) is 0 Å². The van der Waals surface area contributed by atoms with Gasteiger partial charge in [-0.2, -0.15) is 5.26 Å². The number of halogens is 1. The number of rotatable bonds is 5. The molecular formula is C13H16BrNO3. The molecule has 0 fully saturated rings. The second-order valence-corrected chi connectivity index (χ2v) is 4.83. The van der Waals surface area contributed by atoms with Crippen molar-refractivity contribution in [3.8, 4) is 11.8 Å². The monoisotopic (exact) mass is 313 g/mol. The van der Waals surface area contributed by atoms with Crippen molar-refractivity contribution < 1.29 is 14.6 Å². The zero-order valence-corrected chi connectivity index (χ0v) is 12.1. The molecule has 18 heavy (non-hydrogen) atoms. The van der Waals surface area contributed by atoms with Crippen LogP contribution in [-0.2, 0) is 4.74 Å². The molecule has 0 spiro atoms. The molecule has 0 saturated heterocycles. The fourth-order valence-electron chi connectivity index (χ4n) is 1.35. The molecule has 5 heteroatoms. The van der Waals surface area contributed by atoms with Crippen LogP contribution in [0, 0.1) is 11.3 Å². The van der Waals surface area contributed by atoms with Gasteiger partial charge in [0, 0.05) is 10.0 Å². The number of aliphatic hydroxyl groups is 1. The van der Waals surface area contributed by atoms with Crippen LogP contribution in [0.5, 0.6) is 5.75 Å². The van der Waals surface area contributed by atoms with Gasteiger partial charge in [0.1, 0.15) is 5.75 Å². The first-order valence-electron chi connectivity index (χ1n) is 5.56. The van der Waals surface area contributed by atoms with Gasteiger partial charge in [-0.1, -0.05) is 15.9 Å². The lowest BCUT2D eigenvalue weighted by molar-refractivity contribution is -0.0428. The van der Waals surface area contributed by atoms with Crippen molar-refractivity contribution in [3.05, 3.63) is 28.2 Å². The maximum absolute atomic E-state index is 9.41. The number of hydrogen-bond donors (Lipinski definition) is 1. The minimum Gasteiger partial charge on any atom is -0.497 e. The van der Waals surface area contributed by atoms with E-state index in [0.29, 0.717) is 11.3 Å². The normalized spacial score (nSPS) is 15.6. The Kier molecular flexibility index (Phi) is 5.60. The largest absolute Gasteiger partial charge is 0.497 e. The molecule has 0 bridgehead atoms. The Morgan fingerprint density at radius 2 is 2.06 bits per heavy atom. The van der Waals surface area contributed by atoms with Crippen LogP contribution in [0.2, 0.25) is 0 Å². The molecule has 3 atom stereocenters. The predicted octanol–water partition coefficient (Wildman–Crippen LogP) is 2.81. The minimum absolute atomic E-state index is 0.423. The van der Waals surface area contributed by atoms with Gasteiger partial charge in [-0.05, 0) is 32.0 Å². The van der Waals surface area contributed by atoms with Crippen LogP contribution < -0.4 is 4.74 Å². The van der Waals surface area contributed by atoms with Crippen molar-refractivity contribution in [3.63, 3.8) is 0 Å². The highest BCUT2D eigenvalue weighted by atomic mass is 79.9. The first-order valence-corrected chi connectivity index (χ1v) is 6.35. The molecular weight excluding hydrogens is 298 g/mol. The van der Waals surface area contributed by atoms with Gasteiger partial charge in [-0.15, -0.1) is 0 Å². The second kappa shape index (κ2) is 6.74. The van der Waals surface area contributed by atoms with E-state index in [9.17, 15) is 10.4 Å². The Hall–Kier alpha value is -1.09. The summed E-state index contributed by atoms with van der Waals surface area (Å²) in [5, 5.41) is 18.6. The lowest BCUT2D eigenvalue weighted by Gasteiger charge is -2.20. The SMILES string of the molecule is COc1ccc(Br)c(C(C#N)OC(C)C(C)O)c1. The van der Waals surface area contributed by atoms with E-state index in [1.807, 2.05) is 0 Å². The topological polar surface area (TPSA) is 62.5 Å². The van der Waals surface area contributed by atoms with Gasteiger partial charge in [0.15, 0.2) is 6.10 Å². The summed E-state index contributed by atoms with van der Waals surface area (Å²) in [5.41, 5.74) is 0.685. The Morgan fingerprint density at radius 3 is 2.56 bits per heavy atom. The van der Waals surface area contributed by atoms with E-state index in [0.717, 1.165) is 4.47 Å². The molecule has 3 unspecified atom stereocenters. The highest BCUT2D eigenvalue weighted by Gasteiger charge is 2.20. The molecule has 0 saturated carbocycles. The fourth-order valence-corrected chi connectivity index (χ4v) is 1.81. The zero-order chi connectivity index (χ0) is 13.7. The van der Waals surface area contributed by atoms with Crippen molar-refractivity contribution in [2.75, 3.05) is 7.11 Å². The van der Waals surface area contributed by atoms with E-state index in [2.05, 4.69) is 22.0 Å². The van der Waals surface area contributed by atoms with Crippen LogP contribution in [0.3, 0.4) is 0 Å². The predicted molar refractivity (Wildman–Crippen MR) is 71.3 cm³/mol. The molecule has 0 heterocycles. The van der Waals surface area contributed by atoms with Crippen LogP contribution >= 0.6 is 15.9 Å². The number of nitrogens with zero attached hydrogens (tertiary/aromatic N) is 1. The van der Waals surface area contributed by atoms with Crippen molar-refractivity contribution in [2.24, 2.45) is 0 Å². The molecule has 0 amide bonds. The smallest absolute Gasteiger partial charge is 0.170 e. The molecule has 0 aromatic heterocycles. The van der Waals surface area contributed by atoms with E-state index < -0.39 is 18.3 Å². The quantitative estimate of drug-likeness (QED) is 0.908. The third-order valence-corrected chi connectivity index (χ3v) is 3.36. The first-order chi connectivity index (χ1) is 8.49. The third kappa shape index (κ3) is 3.70. The van der Waals surface area contributed by atoms with Crippen molar-refractivity contribution in [1.29, 1.82) is 5.26 Å². The summed E-state index contributed by atoms with van der Waals surface area (Å²) in [5.74, 6) is 0.654. The molecule has 0 aliphatic heterocycles. The number of hydrogen-bond acceptors (Lipinski definition) is 4. The van der Waals surface area contributed by atoms with Gasteiger partial charge in [0.2, 0.25) is 0 Å². The van der Waals surface area contributed by atoms with Gasteiger partial charge in [-0.25, -0.2) is 0 Å². The third-order valence-electron chi connectivity index (χ3n) is 2.63. The summed E-state index contributed by atoms with van der Waals surface area (Å²) in [6, 6.07) is 7.41. The maximum atomic E-state index is 9.41. The van der Waals surface area contributed by atoms with Crippen molar-refractivity contribution in [2.45, 2.75) is 32.2 Å². The van der Waals surface area contributed by atoms with Crippen LogP contribution in [0.25, 0.3) is 0 Å². The van der Waals surface area contributed by atoms with E-state index in [4.69, 9.17) is 9.47 Å². The van der Waals surface area contributed by atoms with E-state index in [1.165, 1.54) is 0 Å². The van der Waals surface area contributed by atoms with Crippen LogP contribution in [0.4, 0.5) is 0 Å². The molecule has 1 aromatic carbocycles. The number of methoxy groups -OCH3 is 1. The van der Waals surface area contributed by atoms with Gasteiger partial charge in [0.05, 0.1) is 25.4 Å². The average Bonchev–Trinajstić information content (AvgIpc) is 2.36. The highest BCUT2D eigenvalue weighted by Crippen LogP contribution is 2.30. The summed E-state index contributed by atoms with van der Waals surface area (Å²) in [4.78, 5) is 0. The van der Waals surface area contributed by atoms with E-state index in [1.54, 1.807) is 39.2 Å². The molecule has 4 nitrogen and oxygen atoms in total. The van der Waals surface area contributed by atoms with Gasteiger partial charge in [-0.3, -0.25) is 0 Å². The lowest BCUT2D eigenvalue weighted by atomic mass is 10.1. The number of aliphatic hydroxyl groups excluding tert-OH is 1. The Bertz CT molecular complexity index is 442. The highest BCUT2D eigenvalue weighted by molar-refractivity contribution is 9.10. The number of ether oxygens (including phenoxy) is 2. The van der Waals surface area contributed by atoms with Gasteiger partial charge >= 0.3 is 0 Å². The molecule has 0 aliphatic carbocycles. The second-order valence-electron chi connectivity index (χ2n) is 3.98. The number of benzene rings is 1. The number of nitriles is 1. The zero-order valence-electron chi connectivity index (χ0n) is 10.6. The summed E-state index contributed by atoms with van der Waals surface area (Å²) in [7, 11) is 1.56. The van der Waals surface area contributed by atoms with E-state index >= 15 is 0 Å². The molecule has 0 radical (unpaired) electrons. The Balaban J connectivity index is 2.98. The van der Waals surface area contributed by atoms with E-state index in [-0.39, 0.29) is 0 Å². The molecule has 0 aliphatic rings. The maximum Gasteiger partial charge on any atom is 0.170 e. The molecule has 1 rings (SSSR count). The summed E-state index contributed by atoms with van der Waals surface area (Å²) < 4.78 is 11.4. The van der Waals surface area contributed by atoms with Crippen LogP contribution in [-0.4, -0.2) is 24.4 Å². The average molecular weight is 314 g/mol. The summed E-state index contributed by atoms with van der Waals surface area (Å²) in [6.07, 6.45) is -1.81. The minimum atomic E-state index is -0.751. The Morgan fingerprint density at radius 1 is 1.39 bits per heavy atom.